The van der Waals surface area contributed by atoms with E-state index in [0.717, 1.165) is 22.3 Å². The van der Waals surface area contributed by atoms with Crippen molar-refractivity contribution in [1.29, 1.82) is 0 Å². The molecule has 180 valence electrons. The summed E-state index contributed by atoms with van der Waals surface area (Å²) in [5, 5.41) is 11.8. The molecule has 2 aromatic rings. The number of rotatable bonds is 7. The largest absolute Gasteiger partial charge is 0.480 e. The van der Waals surface area contributed by atoms with Crippen molar-refractivity contribution in [2.75, 3.05) is 13.2 Å². The number of hydrogen-bond acceptors (Lipinski definition) is 4. The third kappa shape index (κ3) is 4.88. The van der Waals surface area contributed by atoms with E-state index in [4.69, 9.17) is 9.84 Å². The van der Waals surface area contributed by atoms with Gasteiger partial charge in [-0.15, -0.1) is 0 Å². The van der Waals surface area contributed by atoms with Gasteiger partial charge in [-0.3, -0.25) is 4.79 Å². The Hall–Kier alpha value is -3.49. The Bertz CT molecular complexity index is 1060. The van der Waals surface area contributed by atoms with Crippen molar-refractivity contribution in [2.45, 2.75) is 50.1 Å². The molecule has 2 atom stereocenters. The van der Waals surface area contributed by atoms with Gasteiger partial charge in [0.15, 0.2) is 0 Å². The number of nitrogens with one attached hydrogen (secondary N) is 1. The minimum Gasteiger partial charge on any atom is -0.480 e. The fraction of sp³-hybridized carbons (Fsp3) is 0.400. The quantitative estimate of drug-likeness (QED) is 0.635. The molecule has 0 saturated carbocycles. The molecular weight excluding hydrogens is 446 g/mol. The molecule has 2 aromatic carbocycles. The third-order valence-corrected chi connectivity index (χ3v) is 6.37. The van der Waals surface area contributed by atoms with Gasteiger partial charge in [0.1, 0.15) is 12.6 Å². The molecule has 7 nitrogen and oxygen atoms in total. The molecule has 0 spiro atoms. The highest BCUT2D eigenvalue weighted by Crippen LogP contribution is 2.44. The lowest BCUT2D eigenvalue weighted by Crippen LogP contribution is -2.41. The van der Waals surface area contributed by atoms with Gasteiger partial charge in [0.25, 0.3) is 5.92 Å². The molecule has 1 fully saturated rings. The SMILES string of the molecule is CC(CCC(=O)N1CC(F)(F)C[C@H]1C(=O)O)NC(=O)OCC1c2ccccc2-c2ccccc21. The summed E-state index contributed by atoms with van der Waals surface area (Å²) in [5.41, 5.74) is 4.41. The molecule has 1 saturated heterocycles. The molecule has 4 rings (SSSR count). The van der Waals surface area contributed by atoms with Crippen molar-refractivity contribution in [3.63, 3.8) is 0 Å². The number of hydrogen-bond donors (Lipinski definition) is 2. The van der Waals surface area contributed by atoms with Crippen LogP contribution in [0.1, 0.15) is 43.2 Å². The van der Waals surface area contributed by atoms with Crippen LogP contribution in [0.15, 0.2) is 48.5 Å². The summed E-state index contributed by atoms with van der Waals surface area (Å²) in [5.74, 6) is -5.43. The molecular formula is C25H26F2N2O5. The molecule has 0 radical (unpaired) electrons. The van der Waals surface area contributed by atoms with Gasteiger partial charge in [-0.2, -0.15) is 0 Å². The Kier molecular flexibility index (Phi) is 6.54. The molecule has 2 aliphatic rings. The Morgan fingerprint density at radius 1 is 1.12 bits per heavy atom. The Morgan fingerprint density at radius 2 is 1.71 bits per heavy atom. The van der Waals surface area contributed by atoms with E-state index in [2.05, 4.69) is 5.32 Å². The summed E-state index contributed by atoms with van der Waals surface area (Å²) in [6.07, 6.45) is -1.53. The molecule has 1 heterocycles. The van der Waals surface area contributed by atoms with Crippen molar-refractivity contribution >= 4 is 18.0 Å². The van der Waals surface area contributed by atoms with Gasteiger partial charge in [0.05, 0.1) is 6.54 Å². The zero-order valence-electron chi connectivity index (χ0n) is 18.7. The van der Waals surface area contributed by atoms with Gasteiger partial charge in [0.2, 0.25) is 5.91 Å². The van der Waals surface area contributed by atoms with Crippen LogP contribution in [0.25, 0.3) is 11.1 Å². The lowest BCUT2D eigenvalue weighted by molar-refractivity contribution is -0.148. The Morgan fingerprint density at radius 3 is 2.29 bits per heavy atom. The van der Waals surface area contributed by atoms with E-state index in [1.165, 1.54) is 0 Å². The maximum absolute atomic E-state index is 13.6. The van der Waals surface area contributed by atoms with Gasteiger partial charge in [-0.1, -0.05) is 48.5 Å². The van der Waals surface area contributed by atoms with Crippen molar-refractivity contribution in [2.24, 2.45) is 0 Å². The zero-order valence-corrected chi connectivity index (χ0v) is 18.7. The first kappa shape index (κ1) is 23.7. The number of likely N-dealkylation sites (tertiary alicyclic amines) is 1. The maximum Gasteiger partial charge on any atom is 0.407 e. The third-order valence-electron chi connectivity index (χ3n) is 6.37. The smallest absolute Gasteiger partial charge is 0.407 e. The Labute approximate surface area is 195 Å². The predicted octanol–water partition coefficient (Wildman–Crippen LogP) is 4.01. The van der Waals surface area contributed by atoms with Gasteiger partial charge in [0, 0.05) is 24.8 Å². The molecule has 0 aromatic heterocycles. The van der Waals surface area contributed by atoms with Crippen LogP contribution < -0.4 is 5.32 Å². The van der Waals surface area contributed by atoms with Crippen molar-refractivity contribution in [1.82, 2.24) is 10.2 Å². The first-order valence-corrected chi connectivity index (χ1v) is 11.2. The summed E-state index contributed by atoms with van der Waals surface area (Å²) in [4.78, 5) is 36.6. The van der Waals surface area contributed by atoms with Gasteiger partial charge < -0.3 is 20.1 Å². The highest BCUT2D eigenvalue weighted by atomic mass is 19.3. The number of carboxylic acids is 1. The van der Waals surface area contributed by atoms with Crippen LogP contribution in [0, 0.1) is 0 Å². The monoisotopic (exact) mass is 472 g/mol. The average Bonchev–Trinajstić information content (AvgIpc) is 3.30. The van der Waals surface area contributed by atoms with E-state index in [1.54, 1.807) is 6.92 Å². The number of carboxylic acid groups (broad SMARTS) is 1. The van der Waals surface area contributed by atoms with Crippen LogP contribution in [0.5, 0.6) is 0 Å². The second-order valence-electron chi connectivity index (χ2n) is 8.85. The van der Waals surface area contributed by atoms with Crippen LogP contribution in [-0.2, 0) is 14.3 Å². The average molecular weight is 472 g/mol. The molecule has 1 aliphatic carbocycles. The number of nitrogens with zero attached hydrogens (tertiary/aromatic N) is 1. The van der Waals surface area contributed by atoms with E-state index >= 15 is 0 Å². The lowest BCUT2D eigenvalue weighted by atomic mass is 9.98. The van der Waals surface area contributed by atoms with Gasteiger partial charge >= 0.3 is 12.1 Å². The number of halogens is 2. The Balaban J connectivity index is 1.28. The number of alkyl carbamates (subject to hydrolysis) is 1. The number of amides is 2. The number of carbonyl (C=O) groups excluding carboxylic acids is 2. The van der Waals surface area contributed by atoms with E-state index < -0.39 is 48.9 Å². The van der Waals surface area contributed by atoms with Gasteiger partial charge in [-0.05, 0) is 35.6 Å². The molecule has 34 heavy (non-hydrogen) atoms. The van der Waals surface area contributed by atoms with Crippen LogP contribution >= 0.6 is 0 Å². The van der Waals surface area contributed by atoms with Crippen LogP contribution in [0.2, 0.25) is 0 Å². The molecule has 9 heteroatoms. The fourth-order valence-corrected chi connectivity index (χ4v) is 4.70. The predicted molar refractivity (Wildman–Crippen MR) is 120 cm³/mol. The molecule has 2 amide bonds. The van der Waals surface area contributed by atoms with Crippen molar-refractivity contribution in [3.05, 3.63) is 59.7 Å². The second-order valence-corrected chi connectivity index (χ2v) is 8.85. The van der Waals surface area contributed by atoms with Crippen LogP contribution in [-0.4, -0.2) is 59.1 Å². The molecule has 1 unspecified atom stereocenters. The van der Waals surface area contributed by atoms with Crippen molar-refractivity contribution in [3.8, 4) is 11.1 Å². The maximum atomic E-state index is 13.6. The second kappa shape index (κ2) is 9.40. The highest BCUT2D eigenvalue weighted by molar-refractivity contribution is 5.84. The minimum atomic E-state index is -3.22. The van der Waals surface area contributed by atoms with Crippen LogP contribution in [0.3, 0.4) is 0 Å². The number of ether oxygens (including phenoxy) is 1. The highest BCUT2D eigenvalue weighted by Gasteiger charge is 2.49. The van der Waals surface area contributed by atoms with E-state index in [9.17, 15) is 23.2 Å². The minimum absolute atomic E-state index is 0.0835. The van der Waals surface area contributed by atoms with Crippen molar-refractivity contribution < 1.29 is 33.0 Å². The zero-order chi connectivity index (χ0) is 24.5. The standard InChI is InChI=1S/C25H26F2N2O5/c1-15(10-11-22(30)29-14-25(26,27)12-21(29)23(31)32)28-24(33)34-13-20-18-8-4-2-6-16(18)17-7-3-5-9-19(17)20/h2-9,15,20-21H,10-14H2,1H3,(H,28,33)(H,31,32)/t15?,21-/m0/s1. The fourth-order valence-electron chi connectivity index (χ4n) is 4.70. The summed E-state index contributed by atoms with van der Waals surface area (Å²) in [7, 11) is 0. The summed E-state index contributed by atoms with van der Waals surface area (Å²) in [6, 6.07) is 13.9. The van der Waals surface area contributed by atoms with E-state index in [-0.39, 0.29) is 25.4 Å². The number of benzene rings is 2. The normalized spacial score (nSPS) is 19.3. The number of aliphatic carboxylic acids is 1. The molecule has 1 aliphatic heterocycles. The summed E-state index contributed by atoms with van der Waals surface area (Å²) in [6.45, 7) is 0.910. The molecule has 0 bridgehead atoms. The molecule has 2 N–H and O–H groups in total. The number of alkyl halides is 2. The first-order chi connectivity index (χ1) is 16.2. The van der Waals surface area contributed by atoms with Gasteiger partial charge in [-0.25, -0.2) is 18.4 Å². The topological polar surface area (TPSA) is 95.9 Å². The van der Waals surface area contributed by atoms with Crippen LogP contribution in [0.4, 0.5) is 13.6 Å². The summed E-state index contributed by atoms with van der Waals surface area (Å²) >= 11 is 0. The van der Waals surface area contributed by atoms with E-state index in [1.807, 2.05) is 48.5 Å². The number of carbonyl (C=O) groups is 3. The summed E-state index contributed by atoms with van der Waals surface area (Å²) < 4.78 is 32.7. The number of fused-ring (bicyclic) bond motifs is 3. The van der Waals surface area contributed by atoms with E-state index in [0.29, 0.717) is 4.90 Å². The first-order valence-electron chi connectivity index (χ1n) is 11.2. The lowest BCUT2D eigenvalue weighted by Gasteiger charge is -2.22.